The Kier molecular flexibility index (Phi) is 1.95. The lowest BCUT2D eigenvalue weighted by molar-refractivity contribution is 0.415. The van der Waals surface area contributed by atoms with Crippen molar-refractivity contribution in [1.82, 2.24) is 0 Å². The first kappa shape index (κ1) is 7.90. The summed E-state index contributed by atoms with van der Waals surface area (Å²) >= 11 is 7.44. The molecule has 1 heterocycles. The van der Waals surface area contributed by atoms with Crippen LogP contribution in [0.2, 0.25) is 4.34 Å². The first-order valence-electron chi connectivity index (χ1n) is 3.52. The fourth-order valence-corrected chi connectivity index (χ4v) is 2.25. The largest absolute Gasteiger partial charge is 0.497 e. The van der Waals surface area contributed by atoms with Crippen molar-refractivity contribution >= 4 is 33.0 Å². The third kappa shape index (κ3) is 1.28. The van der Waals surface area contributed by atoms with E-state index in [-0.39, 0.29) is 0 Å². The number of halogens is 1. The van der Waals surface area contributed by atoms with Crippen LogP contribution in [0.25, 0.3) is 10.1 Å². The maximum atomic E-state index is 5.86. The first-order chi connectivity index (χ1) is 5.79. The molecule has 0 aliphatic heterocycles. The zero-order valence-electron chi connectivity index (χ0n) is 6.50. The summed E-state index contributed by atoms with van der Waals surface area (Å²) in [7, 11) is 1.66. The van der Waals surface area contributed by atoms with Crippen LogP contribution >= 0.6 is 22.9 Å². The van der Waals surface area contributed by atoms with Crippen molar-refractivity contribution in [1.29, 1.82) is 0 Å². The summed E-state index contributed by atoms with van der Waals surface area (Å²) in [5.41, 5.74) is 0. The lowest BCUT2D eigenvalue weighted by Crippen LogP contribution is -1.79. The molecule has 0 N–H and O–H groups in total. The van der Waals surface area contributed by atoms with Crippen LogP contribution < -0.4 is 4.74 Å². The number of fused-ring (bicyclic) bond motifs is 1. The van der Waals surface area contributed by atoms with Gasteiger partial charge in [-0.15, -0.1) is 11.3 Å². The molecule has 0 unspecified atom stereocenters. The predicted octanol–water partition coefficient (Wildman–Crippen LogP) is 3.56. The molecule has 62 valence electrons. The molecule has 2 rings (SSSR count). The van der Waals surface area contributed by atoms with Crippen LogP contribution in [0.5, 0.6) is 5.75 Å². The molecule has 0 aliphatic carbocycles. The van der Waals surface area contributed by atoms with Crippen molar-refractivity contribution in [2.45, 2.75) is 0 Å². The van der Waals surface area contributed by atoms with Crippen molar-refractivity contribution < 1.29 is 4.74 Å². The van der Waals surface area contributed by atoms with Crippen molar-refractivity contribution in [3.05, 3.63) is 28.6 Å². The van der Waals surface area contributed by atoms with Gasteiger partial charge in [-0.2, -0.15) is 0 Å². The second-order valence-corrected chi connectivity index (χ2v) is 4.17. The van der Waals surface area contributed by atoms with Crippen LogP contribution in [0.3, 0.4) is 0 Å². The van der Waals surface area contributed by atoms with E-state index in [0.717, 1.165) is 15.5 Å². The Bertz CT molecular complexity index is 408. The minimum Gasteiger partial charge on any atom is -0.497 e. The van der Waals surface area contributed by atoms with E-state index in [2.05, 4.69) is 0 Å². The van der Waals surface area contributed by atoms with Gasteiger partial charge in [0.15, 0.2) is 0 Å². The minimum absolute atomic E-state index is 0.818. The van der Waals surface area contributed by atoms with E-state index < -0.39 is 0 Å². The van der Waals surface area contributed by atoms with Gasteiger partial charge in [0, 0.05) is 4.70 Å². The molecule has 0 fully saturated rings. The van der Waals surface area contributed by atoms with Crippen molar-refractivity contribution in [3.8, 4) is 5.75 Å². The molecular weight excluding hydrogens is 192 g/mol. The Balaban J connectivity index is 2.66. The Morgan fingerprint density at radius 2 is 2.17 bits per heavy atom. The van der Waals surface area contributed by atoms with Crippen LogP contribution in [0, 0.1) is 0 Å². The molecule has 0 radical (unpaired) electrons. The lowest BCUT2D eigenvalue weighted by Gasteiger charge is -1.97. The number of ether oxygens (including phenoxy) is 1. The van der Waals surface area contributed by atoms with Crippen molar-refractivity contribution in [2.24, 2.45) is 0 Å². The molecule has 0 amide bonds. The predicted molar refractivity (Wildman–Crippen MR) is 53.4 cm³/mol. The monoisotopic (exact) mass is 198 g/mol. The van der Waals surface area contributed by atoms with E-state index in [9.17, 15) is 0 Å². The van der Waals surface area contributed by atoms with Gasteiger partial charge in [-0.25, -0.2) is 0 Å². The zero-order valence-corrected chi connectivity index (χ0v) is 8.08. The summed E-state index contributed by atoms with van der Waals surface area (Å²) in [5, 5.41) is 1.14. The molecule has 2 aromatic rings. The topological polar surface area (TPSA) is 9.23 Å². The number of hydrogen-bond acceptors (Lipinski definition) is 2. The highest BCUT2D eigenvalue weighted by molar-refractivity contribution is 7.22. The van der Waals surface area contributed by atoms with Gasteiger partial charge < -0.3 is 4.74 Å². The maximum absolute atomic E-state index is 5.86. The lowest BCUT2D eigenvalue weighted by atomic mass is 10.2. The quantitative estimate of drug-likeness (QED) is 0.681. The van der Waals surface area contributed by atoms with Gasteiger partial charge in [0.25, 0.3) is 0 Å². The van der Waals surface area contributed by atoms with Gasteiger partial charge in [0.2, 0.25) is 0 Å². The smallest absolute Gasteiger partial charge is 0.119 e. The van der Waals surface area contributed by atoms with Crippen molar-refractivity contribution in [2.75, 3.05) is 7.11 Å². The second kappa shape index (κ2) is 2.96. The van der Waals surface area contributed by atoms with Gasteiger partial charge in [-0.3, -0.25) is 0 Å². The molecule has 1 nitrogen and oxygen atoms in total. The summed E-state index contributed by atoms with van der Waals surface area (Å²) in [6, 6.07) is 7.89. The highest BCUT2D eigenvalue weighted by Gasteiger charge is 2.00. The van der Waals surface area contributed by atoms with Gasteiger partial charge in [-0.05, 0) is 29.7 Å². The fraction of sp³-hybridized carbons (Fsp3) is 0.111. The second-order valence-electron chi connectivity index (χ2n) is 2.45. The number of thiophene rings is 1. The van der Waals surface area contributed by atoms with E-state index in [1.807, 2.05) is 24.3 Å². The van der Waals surface area contributed by atoms with E-state index >= 15 is 0 Å². The number of hydrogen-bond donors (Lipinski definition) is 0. The van der Waals surface area contributed by atoms with Crippen LogP contribution in [0.1, 0.15) is 0 Å². The summed E-state index contributed by atoms with van der Waals surface area (Å²) < 4.78 is 7.11. The molecule has 3 heteroatoms. The SMILES string of the molecule is COc1ccc2sc(Cl)cc2c1. The van der Waals surface area contributed by atoms with E-state index in [1.165, 1.54) is 4.70 Å². The number of benzene rings is 1. The molecule has 0 saturated carbocycles. The van der Waals surface area contributed by atoms with Gasteiger partial charge in [0.1, 0.15) is 5.75 Å². The third-order valence-corrected chi connectivity index (χ3v) is 2.94. The molecular formula is C9H7ClOS. The average molecular weight is 199 g/mol. The summed E-state index contributed by atoms with van der Waals surface area (Å²) in [4.78, 5) is 0. The Morgan fingerprint density at radius 3 is 2.92 bits per heavy atom. The molecule has 0 saturated heterocycles. The highest BCUT2D eigenvalue weighted by atomic mass is 35.5. The molecule has 1 aromatic carbocycles. The molecule has 12 heavy (non-hydrogen) atoms. The van der Waals surface area contributed by atoms with Gasteiger partial charge in [0.05, 0.1) is 11.4 Å². The van der Waals surface area contributed by atoms with Crippen LogP contribution in [-0.2, 0) is 0 Å². The Hall–Kier alpha value is -0.730. The van der Waals surface area contributed by atoms with Crippen LogP contribution in [0.4, 0.5) is 0 Å². The standard InChI is InChI=1S/C9H7ClOS/c1-11-7-2-3-8-6(4-7)5-9(10)12-8/h2-5H,1H3. The fourth-order valence-electron chi connectivity index (χ4n) is 1.12. The Labute approximate surface area is 79.5 Å². The Morgan fingerprint density at radius 1 is 1.33 bits per heavy atom. The van der Waals surface area contributed by atoms with Gasteiger partial charge >= 0.3 is 0 Å². The van der Waals surface area contributed by atoms with E-state index in [1.54, 1.807) is 18.4 Å². The highest BCUT2D eigenvalue weighted by Crippen LogP contribution is 2.31. The van der Waals surface area contributed by atoms with Crippen LogP contribution in [-0.4, -0.2) is 7.11 Å². The normalized spacial score (nSPS) is 10.5. The number of methoxy groups -OCH3 is 1. The summed E-state index contributed by atoms with van der Waals surface area (Å²) in [6.45, 7) is 0. The maximum Gasteiger partial charge on any atom is 0.119 e. The van der Waals surface area contributed by atoms with Crippen LogP contribution in [0.15, 0.2) is 24.3 Å². The summed E-state index contributed by atoms with van der Waals surface area (Å²) in [6.07, 6.45) is 0. The van der Waals surface area contributed by atoms with E-state index in [0.29, 0.717) is 0 Å². The molecule has 0 spiro atoms. The number of rotatable bonds is 1. The molecule has 1 aromatic heterocycles. The third-order valence-electron chi connectivity index (χ3n) is 1.69. The average Bonchev–Trinajstić information content (AvgIpc) is 2.43. The molecule has 0 atom stereocenters. The molecule has 0 bridgehead atoms. The zero-order chi connectivity index (χ0) is 8.55. The minimum atomic E-state index is 0.818. The van der Waals surface area contributed by atoms with Crippen molar-refractivity contribution in [3.63, 3.8) is 0 Å². The first-order valence-corrected chi connectivity index (χ1v) is 4.72. The van der Waals surface area contributed by atoms with E-state index in [4.69, 9.17) is 16.3 Å². The summed E-state index contributed by atoms with van der Waals surface area (Å²) in [5.74, 6) is 0.872. The molecule has 0 aliphatic rings. The van der Waals surface area contributed by atoms with Gasteiger partial charge in [-0.1, -0.05) is 11.6 Å².